The lowest BCUT2D eigenvalue weighted by Gasteiger charge is -2.31. The molecule has 0 amide bonds. The van der Waals surface area contributed by atoms with Crippen molar-refractivity contribution in [3.05, 3.63) is 169 Å². The molecule has 2 atom stereocenters. The summed E-state index contributed by atoms with van der Waals surface area (Å²) in [5.74, 6) is 0.355. The Kier molecular flexibility index (Phi) is 6.25. The van der Waals surface area contributed by atoms with Gasteiger partial charge in [-0.3, -0.25) is 0 Å². The van der Waals surface area contributed by atoms with Crippen LogP contribution in [0.4, 0.5) is 0 Å². The van der Waals surface area contributed by atoms with Gasteiger partial charge < -0.3 is 4.40 Å². The molecule has 4 aromatic heterocycles. The van der Waals surface area contributed by atoms with E-state index in [-0.39, 0.29) is 6.04 Å². The smallest absolute Gasteiger partial charge is 0.218 e. The van der Waals surface area contributed by atoms with E-state index < -0.39 is 0 Å². The van der Waals surface area contributed by atoms with E-state index in [4.69, 9.17) is 6.58 Å². The average Bonchev–Trinajstić information content (AvgIpc) is 3.68. The zero-order valence-corrected chi connectivity index (χ0v) is 29.6. The lowest BCUT2D eigenvalue weighted by atomic mass is 9.77. The van der Waals surface area contributed by atoms with Crippen LogP contribution in [0.5, 0.6) is 0 Å². The molecule has 2 unspecified atom stereocenters. The van der Waals surface area contributed by atoms with Crippen molar-refractivity contribution in [3.8, 4) is 33.6 Å². The van der Waals surface area contributed by atoms with E-state index in [1.807, 2.05) is 0 Å². The normalized spacial score (nSPS) is 16.8. The Bertz CT molecular complexity index is 2930. The molecule has 5 aromatic carbocycles. The molecule has 0 spiro atoms. The number of aromatic nitrogens is 3. The maximum atomic E-state index is 4.82. The van der Waals surface area contributed by atoms with Crippen molar-refractivity contribution in [2.24, 2.45) is 0 Å². The summed E-state index contributed by atoms with van der Waals surface area (Å²) in [5.41, 5.74) is 18.1. The number of hydrogen-bond donors (Lipinski definition) is 0. The van der Waals surface area contributed by atoms with Crippen LogP contribution in [0.15, 0.2) is 146 Å². The molecule has 2 aliphatic heterocycles. The highest BCUT2D eigenvalue weighted by Crippen LogP contribution is 2.46. The Balaban J connectivity index is 1.16. The molecule has 0 saturated carbocycles. The summed E-state index contributed by atoms with van der Waals surface area (Å²) in [6.45, 7) is 9.23. The van der Waals surface area contributed by atoms with E-state index in [0.29, 0.717) is 5.92 Å². The van der Waals surface area contributed by atoms with Crippen LogP contribution >= 0.6 is 0 Å². The number of allylic oxidation sites excluding steroid dienone is 1. The van der Waals surface area contributed by atoms with Gasteiger partial charge in [0.25, 0.3) is 0 Å². The highest BCUT2D eigenvalue weighted by molar-refractivity contribution is 6.24. The van der Waals surface area contributed by atoms with E-state index >= 15 is 0 Å². The Labute approximate surface area is 303 Å². The maximum Gasteiger partial charge on any atom is 0.218 e. The van der Waals surface area contributed by atoms with Crippen molar-refractivity contribution >= 4 is 43.8 Å². The minimum absolute atomic E-state index is 0.269. The van der Waals surface area contributed by atoms with Gasteiger partial charge >= 0.3 is 0 Å². The average molecular weight is 670 g/mol. The van der Waals surface area contributed by atoms with Gasteiger partial charge in [-0.05, 0) is 98.0 Å². The summed E-state index contributed by atoms with van der Waals surface area (Å²) in [7, 11) is 0. The van der Waals surface area contributed by atoms with Crippen molar-refractivity contribution in [2.45, 2.75) is 45.1 Å². The molecule has 248 valence electrons. The molecular weight excluding hydrogens is 631 g/mol. The first-order valence-corrected chi connectivity index (χ1v) is 18.6. The van der Waals surface area contributed by atoms with Gasteiger partial charge in [0.2, 0.25) is 11.4 Å². The number of nitrogens with zero attached hydrogens (tertiary/aromatic N) is 3. The quantitative estimate of drug-likeness (QED) is 0.154. The number of aryl methyl sites for hydroxylation is 3. The van der Waals surface area contributed by atoms with Gasteiger partial charge in [0.1, 0.15) is 0 Å². The van der Waals surface area contributed by atoms with Crippen LogP contribution in [-0.4, -0.2) is 4.40 Å². The van der Waals surface area contributed by atoms with Crippen LogP contribution in [0.25, 0.3) is 77.4 Å². The second kappa shape index (κ2) is 11.0. The Morgan fingerprint density at radius 3 is 2.21 bits per heavy atom. The third-order valence-corrected chi connectivity index (χ3v) is 12.1. The molecule has 0 N–H and O–H groups in total. The fraction of sp³-hybridized carbons (Fsp3) is 0.143. The summed E-state index contributed by atoms with van der Waals surface area (Å²) in [5, 5.41) is 5.24. The van der Waals surface area contributed by atoms with E-state index in [1.165, 1.54) is 94.0 Å². The minimum atomic E-state index is 0.269. The van der Waals surface area contributed by atoms with Gasteiger partial charge in [0, 0.05) is 56.3 Å². The minimum Gasteiger partial charge on any atom is -0.308 e. The largest absolute Gasteiger partial charge is 0.308 e. The molecule has 0 bridgehead atoms. The number of hydrogen-bond acceptors (Lipinski definition) is 0. The van der Waals surface area contributed by atoms with Crippen molar-refractivity contribution in [2.75, 3.05) is 0 Å². The summed E-state index contributed by atoms with van der Waals surface area (Å²) in [4.78, 5) is 0. The highest BCUT2D eigenvalue weighted by Gasteiger charge is 2.42. The molecule has 11 rings (SSSR count). The molecule has 3 heteroatoms. The first-order chi connectivity index (χ1) is 25.5. The number of para-hydroxylation sites is 1. The molecule has 0 radical (unpaired) electrons. The first kappa shape index (κ1) is 29.6. The van der Waals surface area contributed by atoms with E-state index in [1.54, 1.807) is 0 Å². The second-order valence-electron chi connectivity index (χ2n) is 15.2. The van der Waals surface area contributed by atoms with Gasteiger partial charge in [-0.15, -0.1) is 0 Å². The predicted octanol–water partition coefficient (Wildman–Crippen LogP) is 11.2. The molecule has 0 saturated heterocycles. The van der Waals surface area contributed by atoms with Gasteiger partial charge in [-0.1, -0.05) is 72.8 Å². The summed E-state index contributed by atoms with van der Waals surface area (Å²) < 4.78 is 7.51. The molecule has 9 aromatic rings. The third-order valence-electron chi connectivity index (χ3n) is 12.1. The second-order valence-corrected chi connectivity index (χ2v) is 15.2. The van der Waals surface area contributed by atoms with Crippen LogP contribution in [-0.2, 0) is 6.42 Å². The first-order valence-electron chi connectivity index (χ1n) is 18.6. The van der Waals surface area contributed by atoms with Crippen LogP contribution in [0.1, 0.15) is 47.1 Å². The summed E-state index contributed by atoms with van der Waals surface area (Å²) in [6.07, 6.45) is 7.59. The van der Waals surface area contributed by atoms with Crippen molar-refractivity contribution in [1.29, 1.82) is 0 Å². The number of rotatable bonds is 1. The van der Waals surface area contributed by atoms with Crippen molar-refractivity contribution in [1.82, 2.24) is 4.40 Å². The molecular formula is C49H39N3+2. The standard InChI is InChI=1S/C49H39N3/c1-30-17-22-45-41-27-43-40-15-9-14-39-42-25-34(33-10-5-4-6-11-33)19-23-46(42)52(49(39)40)48(43)26-35(41)18-20-38-36-12-7-8-13-37(36)44-21-16-31(2)29-51(44)47(38)24-32(3)50(45)28-30/h4-17,19,21-23,25-29,38,47H,3,18,20,24H2,1-2H3/q+2. The SMILES string of the molecule is C=C1CC2C(CCc3cc4c(cc3-c3ccc(C)c[n+]31)c1cccc3c5cc(-c6ccccc6)ccc5n4c31)c1ccccc1-c1ccc(C)c[n+]12. The Morgan fingerprint density at radius 2 is 1.37 bits per heavy atom. The summed E-state index contributed by atoms with van der Waals surface area (Å²) in [6, 6.07) is 48.2. The lowest BCUT2D eigenvalue weighted by Crippen LogP contribution is -2.49. The Hall–Kier alpha value is -6.06. The third kappa shape index (κ3) is 4.20. The van der Waals surface area contributed by atoms with Crippen LogP contribution in [0.3, 0.4) is 0 Å². The highest BCUT2D eigenvalue weighted by atomic mass is 15.0. The van der Waals surface area contributed by atoms with Crippen LogP contribution < -0.4 is 9.13 Å². The van der Waals surface area contributed by atoms with Crippen molar-refractivity contribution in [3.63, 3.8) is 0 Å². The van der Waals surface area contributed by atoms with Crippen molar-refractivity contribution < 1.29 is 9.13 Å². The maximum absolute atomic E-state index is 4.82. The zero-order chi connectivity index (χ0) is 34.7. The molecule has 6 heterocycles. The molecule has 2 aliphatic rings. The van der Waals surface area contributed by atoms with Crippen LogP contribution in [0, 0.1) is 13.8 Å². The molecule has 0 fully saturated rings. The van der Waals surface area contributed by atoms with Gasteiger partial charge in [0.15, 0.2) is 24.1 Å². The van der Waals surface area contributed by atoms with E-state index in [9.17, 15) is 0 Å². The predicted molar refractivity (Wildman–Crippen MR) is 214 cm³/mol. The van der Waals surface area contributed by atoms with E-state index in [2.05, 4.69) is 167 Å². The van der Waals surface area contributed by atoms with Gasteiger partial charge in [-0.2, -0.15) is 9.13 Å². The number of fused-ring (bicyclic) bond motifs is 15. The molecule has 3 nitrogen and oxygen atoms in total. The summed E-state index contributed by atoms with van der Waals surface area (Å²) >= 11 is 0. The fourth-order valence-electron chi connectivity index (χ4n) is 9.74. The lowest BCUT2D eigenvalue weighted by molar-refractivity contribution is -0.720. The fourth-order valence-corrected chi connectivity index (χ4v) is 9.74. The molecule has 0 aliphatic carbocycles. The van der Waals surface area contributed by atoms with Crippen LogP contribution in [0.2, 0.25) is 0 Å². The zero-order valence-electron chi connectivity index (χ0n) is 29.6. The Morgan fingerprint density at radius 1 is 0.615 bits per heavy atom. The number of pyridine rings is 2. The monoisotopic (exact) mass is 669 g/mol. The molecule has 52 heavy (non-hydrogen) atoms. The van der Waals surface area contributed by atoms with E-state index in [0.717, 1.165) is 25.0 Å². The topological polar surface area (TPSA) is 12.2 Å². The number of benzene rings is 5. The van der Waals surface area contributed by atoms with Gasteiger partial charge in [-0.25, -0.2) is 0 Å². The van der Waals surface area contributed by atoms with Gasteiger partial charge in [0.05, 0.1) is 28.5 Å².